The maximum atomic E-state index is 12.5. The Labute approximate surface area is 150 Å². The van der Waals surface area contributed by atoms with Crippen molar-refractivity contribution in [2.24, 2.45) is 5.73 Å². The van der Waals surface area contributed by atoms with Gasteiger partial charge in [0.2, 0.25) is 5.91 Å². The molecule has 0 spiro atoms. The fourth-order valence-corrected chi connectivity index (χ4v) is 2.96. The first-order valence-corrected chi connectivity index (χ1v) is 8.32. The van der Waals surface area contributed by atoms with Gasteiger partial charge in [-0.05, 0) is 30.7 Å². The molecule has 134 valence electrons. The second-order valence-electron chi connectivity index (χ2n) is 5.90. The number of rotatable bonds is 5. The van der Waals surface area contributed by atoms with Crippen molar-refractivity contribution in [1.29, 1.82) is 0 Å². The molecule has 0 radical (unpaired) electrons. The molecule has 1 aromatic carbocycles. The van der Waals surface area contributed by atoms with Crippen molar-refractivity contribution in [2.45, 2.75) is 18.6 Å². The van der Waals surface area contributed by atoms with Crippen LogP contribution in [0.4, 0.5) is 0 Å². The topological polar surface area (TPSA) is 99.9 Å². The highest BCUT2D eigenvalue weighted by Crippen LogP contribution is 2.29. The monoisotopic (exact) mass is 366 g/mol. The van der Waals surface area contributed by atoms with Crippen LogP contribution in [0.15, 0.2) is 23.8 Å². The summed E-state index contributed by atoms with van der Waals surface area (Å²) in [6.07, 6.45) is 2.01. The second kappa shape index (κ2) is 7.86. The smallest absolute Gasteiger partial charge is 0.251 e. The molecule has 0 aromatic heterocycles. The molecule has 1 saturated heterocycles. The molecular formula is C17H19ClN2O5. The van der Waals surface area contributed by atoms with E-state index in [4.69, 9.17) is 31.5 Å². The number of hydrogen-bond donors (Lipinski definition) is 2. The molecule has 2 aliphatic rings. The van der Waals surface area contributed by atoms with Crippen molar-refractivity contribution in [2.75, 3.05) is 26.4 Å². The minimum Gasteiger partial charge on any atom is -0.488 e. The van der Waals surface area contributed by atoms with E-state index in [9.17, 15) is 9.59 Å². The Bertz CT molecular complexity index is 706. The van der Waals surface area contributed by atoms with Crippen molar-refractivity contribution >= 4 is 29.5 Å². The maximum absolute atomic E-state index is 12.5. The largest absolute Gasteiger partial charge is 0.488 e. The average Bonchev–Trinajstić information content (AvgIpc) is 2.60. The highest BCUT2D eigenvalue weighted by Gasteiger charge is 2.30. The molecule has 2 atom stereocenters. The van der Waals surface area contributed by atoms with E-state index in [1.807, 2.05) is 0 Å². The molecule has 3 rings (SSSR count). The Kier molecular flexibility index (Phi) is 5.57. The van der Waals surface area contributed by atoms with Crippen LogP contribution in [0.5, 0.6) is 5.75 Å². The summed E-state index contributed by atoms with van der Waals surface area (Å²) in [5.74, 6) is -0.133. The number of nitrogens with one attached hydrogen (secondary N) is 1. The van der Waals surface area contributed by atoms with E-state index in [0.29, 0.717) is 36.0 Å². The zero-order valence-electron chi connectivity index (χ0n) is 13.5. The van der Waals surface area contributed by atoms with Gasteiger partial charge in [0.25, 0.3) is 5.91 Å². The summed E-state index contributed by atoms with van der Waals surface area (Å²) in [6, 6.07) is 4.89. The zero-order chi connectivity index (χ0) is 17.8. The number of hydrogen-bond acceptors (Lipinski definition) is 5. The number of nitrogens with two attached hydrogens (primary N) is 1. The van der Waals surface area contributed by atoms with Crippen LogP contribution in [0.3, 0.4) is 0 Å². The Hall–Kier alpha value is -2.09. The molecule has 3 N–H and O–H groups in total. The first-order valence-electron chi connectivity index (χ1n) is 7.94. The van der Waals surface area contributed by atoms with Crippen LogP contribution in [0.1, 0.15) is 12.0 Å². The van der Waals surface area contributed by atoms with Gasteiger partial charge in [-0.15, -0.1) is 0 Å². The highest BCUT2D eigenvalue weighted by molar-refractivity contribution is 6.30. The van der Waals surface area contributed by atoms with Crippen molar-refractivity contribution in [1.82, 2.24) is 5.32 Å². The minimum absolute atomic E-state index is 0.168. The van der Waals surface area contributed by atoms with Crippen LogP contribution in [0, 0.1) is 0 Å². The van der Waals surface area contributed by atoms with Crippen LogP contribution in [0.2, 0.25) is 5.02 Å². The number of ether oxygens (including phenoxy) is 3. The molecule has 1 fully saturated rings. The maximum Gasteiger partial charge on any atom is 0.251 e. The molecule has 0 unspecified atom stereocenters. The highest BCUT2D eigenvalue weighted by atomic mass is 35.5. The lowest BCUT2D eigenvalue weighted by Crippen LogP contribution is -2.51. The molecule has 0 saturated carbocycles. The van der Waals surface area contributed by atoms with Crippen molar-refractivity contribution in [3.05, 3.63) is 34.4 Å². The number of amides is 2. The SMILES string of the molecule is NC(=O)CO[C@@H]1CCOC[C@@H]1NC(=O)C1=Cc2cc(Cl)ccc2OC1. The van der Waals surface area contributed by atoms with E-state index >= 15 is 0 Å². The standard InChI is InChI=1S/C17H19ClN2O5/c18-12-1-2-14-10(6-12)5-11(7-24-14)17(22)20-13-8-23-4-3-15(13)25-9-16(19)21/h1-2,5-6,13,15H,3-4,7-9H2,(H2,19,21)(H,20,22)/t13-,15+/m0/s1. The predicted molar refractivity (Wildman–Crippen MR) is 91.2 cm³/mol. The molecular weight excluding hydrogens is 348 g/mol. The summed E-state index contributed by atoms with van der Waals surface area (Å²) >= 11 is 5.98. The summed E-state index contributed by atoms with van der Waals surface area (Å²) in [7, 11) is 0. The van der Waals surface area contributed by atoms with Gasteiger partial charge in [-0.1, -0.05) is 11.6 Å². The van der Waals surface area contributed by atoms with Gasteiger partial charge in [0.05, 0.1) is 24.3 Å². The van der Waals surface area contributed by atoms with E-state index in [1.54, 1.807) is 24.3 Å². The summed E-state index contributed by atoms with van der Waals surface area (Å²) in [6.45, 7) is 0.800. The van der Waals surface area contributed by atoms with Crippen molar-refractivity contribution in [3.8, 4) is 5.75 Å². The average molecular weight is 367 g/mol. The van der Waals surface area contributed by atoms with Gasteiger partial charge in [-0.25, -0.2) is 0 Å². The van der Waals surface area contributed by atoms with Gasteiger partial charge in [0.1, 0.15) is 19.0 Å². The van der Waals surface area contributed by atoms with Crippen LogP contribution in [-0.4, -0.2) is 50.4 Å². The molecule has 0 bridgehead atoms. The fourth-order valence-electron chi connectivity index (χ4n) is 2.78. The lowest BCUT2D eigenvalue weighted by molar-refractivity contribution is -0.130. The molecule has 2 aliphatic heterocycles. The molecule has 1 aromatic rings. The summed E-state index contributed by atoms with van der Waals surface area (Å²) in [4.78, 5) is 23.5. The van der Waals surface area contributed by atoms with Gasteiger partial charge in [-0.2, -0.15) is 0 Å². The van der Waals surface area contributed by atoms with Crippen molar-refractivity contribution in [3.63, 3.8) is 0 Å². The Morgan fingerprint density at radius 2 is 2.24 bits per heavy atom. The predicted octanol–water partition coefficient (Wildman–Crippen LogP) is 0.891. The van der Waals surface area contributed by atoms with E-state index in [1.165, 1.54) is 0 Å². The Balaban J connectivity index is 1.67. The quantitative estimate of drug-likeness (QED) is 0.806. The summed E-state index contributed by atoms with van der Waals surface area (Å²) in [5.41, 5.74) is 6.35. The number of carbonyl (C=O) groups is 2. The third kappa shape index (κ3) is 4.50. The third-order valence-electron chi connectivity index (χ3n) is 4.03. The van der Waals surface area contributed by atoms with Crippen LogP contribution >= 0.6 is 11.6 Å². The molecule has 8 heteroatoms. The molecule has 7 nitrogen and oxygen atoms in total. The van der Waals surface area contributed by atoms with E-state index in [0.717, 1.165) is 5.56 Å². The molecule has 25 heavy (non-hydrogen) atoms. The van der Waals surface area contributed by atoms with E-state index in [-0.39, 0.29) is 31.3 Å². The van der Waals surface area contributed by atoms with Gasteiger partial charge >= 0.3 is 0 Å². The van der Waals surface area contributed by atoms with Gasteiger partial charge in [-0.3, -0.25) is 9.59 Å². The van der Waals surface area contributed by atoms with Gasteiger partial charge < -0.3 is 25.3 Å². The first kappa shape index (κ1) is 17.7. The Morgan fingerprint density at radius 3 is 3.04 bits per heavy atom. The second-order valence-corrected chi connectivity index (χ2v) is 6.34. The van der Waals surface area contributed by atoms with Gasteiger partial charge in [0, 0.05) is 17.2 Å². The summed E-state index contributed by atoms with van der Waals surface area (Å²) in [5, 5.41) is 3.46. The minimum atomic E-state index is -0.548. The number of carbonyl (C=O) groups excluding carboxylic acids is 2. The number of benzene rings is 1. The van der Waals surface area contributed by atoms with Crippen molar-refractivity contribution < 1.29 is 23.8 Å². The van der Waals surface area contributed by atoms with Crippen LogP contribution in [-0.2, 0) is 19.1 Å². The fraction of sp³-hybridized carbons (Fsp3) is 0.412. The molecule has 2 amide bonds. The van der Waals surface area contributed by atoms with E-state index in [2.05, 4.69) is 5.32 Å². The number of primary amides is 1. The van der Waals surface area contributed by atoms with E-state index < -0.39 is 5.91 Å². The van der Waals surface area contributed by atoms with Crippen LogP contribution < -0.4 is 15.8 Å². The lowest BCUT2D eigenvalue weighted by atomic mass is 10.0. The normalized spacial score (nSPS) is 22.4. The zero-order valence-corrected chi connectivity index (χ0v) is 14.3. The number of halogens is 1. The van der Waals surface area contributed by atoms with Gasteiger partial charge in [0.15, 0.2) is 0 Å². The third-order valence-corrected chi connectivity index (χ3v) is 4.26. The molecule has 0 aliphatic carbocycles. The first-order chi connectivity index (χ1) is 12.0. The Morgan fingerprint density at radius 1 is 1.40 bits per heavy atom. The van der Waals surface area contributed by atoms with Crippen LogP contribution in [0.25, 0.3) is 6.08 Å². The summed E-state index contributed by atoms with van der Waals surface area (Å²) < 4.78 is 16.5. The molecule has 2 heterocycles. The number of fused-ring (bicyclic) bond motifs is 1. The lowest BCUT2D eigenvalue weighted by Gasteiger charge is -2.32.